The SMILES string of the molecule is CCn1nc(S(=O)(=O)NC(=O)Nc2c3c(cc4c2CCC4)CCC3)c2c1CCCO2.O=C(Nc1c2c(cc3c1CCC3)CCC2)NS(=O)(=O)c1nc2c(o1)CCCO2.O=C(Nc1c2c(cc3c1CCC3)CCC2)NS(=O)(=O)c1nc2c(o1)CCOC2.O=C(Nc1c2c(cc3c1CCC3)CCC2)NS(=O)(=O)c1nc2c(o1)COCC2.O=C(Nc1c2c(cc3c1CCC3)CCC2)NS(=O)(=O)c1nc2c(o1)OCCC2. The standard InChI is InChI=1S/C21H26N4O4S.4C19H21N3O5S/c1-2-25-17-10-5-11-29-19(17)20(23-25)30(27,28)24-21(26)22-18-15-8-3-6-13(15)12-14-7-4-9-16(14)18;23-18(22-28(24,25)19-21-17-15(27-19)8-3-9-26-17)20-16-13-6-1-4-11(13)10-12-5-2-7-14(12)16;23-18(22-28(24,25)19-20-15-8-3-9-26-17(15)27-19)21-16-13-6-1-4-11(13)10-12-5-2-7-14(12)16;23-18(22-28(24,25)19-20-15-10-26-8-7-16(15)27-19)21-17-13-5-1-3-11(13)9-12-4-2-6-14(12)17;23-18(22-28(24,25)19-20-15-7-8-26-10-16(15)27-19)21-17-13-5-1-3-11(13)9-12-4-2-6-14(12)17/h12H,2-11H2,1H3,(H2,22,24,26);10H,1-9H2,(H2,20,22,23);10H,1-9H2,(H2,21,22,23);2*9H,1-8,10H2,(H2,21,22,23). The first-order valence-corrected chi connectivity index (χ1v) is 56.6. The van der Waals surface area contributed by atoms with Gasteiger partial charge in [0, 0.05) is 60.7 Å². The summed E-state index contributed by atoms with van der Waals surface area (Å²) < 4.78 is 186. The topological polar surface area (TPSA) is 544 Å². The fraction of sp³-hybridized carbons (Fsp3) is 0.485. The highest BCUT2D eigenvalue weighted by molar-refractivity contribution is 7.91. The first kappa shape index (κ1) is 95.7. The Morgan fingerprint density at radius 3 is 0.986 bits per heavy atom. The van der Waals surface area contributed by atoms with E-state index in [1.54, 1.807) is 4.68 Å². The third-order valence-electron chi connectivity index (χ3n) is 28.8. The van der Waals surface area contributed by atoms with Gasteiger partial charge < -0.3 is 67.9 Å². The zero-order valence-electron chi connectivity index (χ0n) is 78.4. The van der Waals surface area contributed by atoms with Crippen molar-refractivity contribution in [3.8, 4) is 17.6 Å². The van der Waals surface area contributed by atoms with Gasteiger partial charge in [0.15, 0.2) is 17.3 Å². The van der Waals surface area contributed by atoms with Crippen molar-refractivity contribution < 1.29 is 107 Å². The van der Waals surface area contributed by atoms with Crippen molar-refractivity contribution in [2.75, 3.05) is 59.6 Å². The van der Waals surface area contributed by atoms with E-state index < -0.39 is 101 Å². The van der Waals surface area contributed by atoms with E-state index in [1.165, 1.54) is 55.6 Å². The van der Waals surface area contributed by atoms with E-state index >= 15 is 0 Å². The molecule has 0 unspecified atom stereocenters. The maximum Gasteiger partial charge on any atom is 0.340 e. The van der Waals surface area contributed by atoms with Gasteiger partial charge in [-0.3, -0.25) is 4.68 Å². The Hall–Kier alpha value is -12.4. The average Bonchev–Trinajstić information content (AvgIpc) is 1.62. The van der Waals surface area contributed by atoms with Crippen LogP contribution in [-0.2, 0) is 240 Å². The molecule has 0 radical (unpaired) electrons. The third kappa shape index (κ3) is 19.5. The lowest BCUT2D eigenvalue weighted by Gasteiger charge is -2.17. The molecule has 10 N–H and O–H groups in total. The number of benzene rings is 5. The van der Waals surface area contributed by atoms with Gasteiger partial charge in [0.05, 0.1) is 51.0 Å². The number of fused-ring (bicyclic) bond motifs is 15. The van der Waals surface area contributed by atoms with Gasteiger partial charge in [0.1, 0.15) is 23.8 Å². The number of amides is 10. The number of ether oxygens (including phenoxy) is 5. The summed E-state index contributed by atoms with van der Waals surface area (Å²) >= 11 is 0. The van der Waals surface area contributed by atoms with E-state index in [1.807, 2.05) is 25.8 Å². The molecule has 752 valence electrons. The van der Waals surface area contributed by atoms with E-state index in [2.05, 4.69) is 86.7 Å². The number of carbonyl (C=O) groups is 5. The molecule has 10 heterocycles. The fourth-order valence-corrected chi connectivity index (χ4v) is 26.8. The predicted octanol–water partition coefficient (Wildman–Crippen LogP) is 12.2. The van der Waals surface area contributed by atoms with Crippen molar-refractivity contribution in [1.82, 2.24) is 53.3 Å². The second-order valence-corrected chi connectivity index (χ2v) is 45.8. The summed E-state index contributed by atoms with van der Waals surface area (Å²) in [7, 11) is -21.0. The first-order chi connectivity index (χ1) is 68.5. The average molecular weight is 2040 g/mol. The van der Waals surface area contributed by atoms with Gasteiger partial charge in [0.25, 0.3) is 15.9 Å². The number of nitrogens with zero attached hydrogens (tertiary/aromatic N) is 6. The molecule has 40 nitrogen and oxygen atoms in total. The molecule has 10 aliphatic carbocycles. The summed E-state index contributed by atoms with van der Waals surface area (Å²) in [6, 6.07) is 7.35. The predicted molar refractivity (Wildman–Crippen MR) is 511 cm³/mol. The molecular weight excluding hydrogens is 1930 g/mol. The molecule has 0 saturated heterocycles. The van der Waals surface area contributed by atoms with Gasteiger partial charge in [0.2, 0.25) is 5.03 Å². The largest absolute Gasteiger partial charge is 0.489 e. The highest BCUT2D eigenvalue weighted by atomic mass is 32.2. The minimum atomic E-state index is -4.22. The monoisotopic (exact) mass is 2040 g/mol. The summed E-state index contributed by atoms with van der Waals surface area (Å²) in [5.41, 5.74) is 30.2. The van der Waals surface area contributed by atoms with Crippen LogP contribution in [0.2, 0.25) is 0 Å². The maximum atomic E-state index is 13.0. The number of hydrogen-bond donors (Lipinski definition) is 10. The molecule has 0 spiro atoms. The smallest absolute Gasteiger partial charge is 0.340 e. The first-order valence-electron chi connectivity index (χ1n) is 49.1. The second kappa shape index (κ2) is 39.4. The van der Waals surface area contributed by atoms with Gasteiger partial charge in [-0.2, -0.15) is 62.1 Å². The molecule has 25 rings (SSSR count). The Balaban J connectivity index is 0.000000105. The summed E-state index contributed by atoms with van der Waals surface area (Å²) in [4.78, 5) is 78.8. The van der Waals surface area contributed by atoms with Crippen LogP contribution in [0.15, 0.2) is 73.9 Å². The number of oxazole rings is 4. The maximum absolute atomic E-state index is 13.0. The summed E-state index contributed by atoms with van der Waals surface area (Å²) in [5.74, 6) is 1.85. The van der Waals surface area contributed by atoms with Crippen molar-refractivity contribution >= 4 is 109 Å². The van der Waals surface area contributed by atoms with Crippen LogP contribution < -0.4 is 64.4 Å². The van der Waals surface area contributed by atoms with E-state index in [9.17, 15) is 66.1 Å². The van der Waals surface area contributed by atoms with E-state index in [0.29, 0.717) is 106 Å². The molecule has 0 saturated carbocycles. The van der Waals surface area contributed by atoms with Gasteiger partial charge in [-0.1, -0.05) is 30.3 Å². The van der Waals surface area contributed by atoms with Gasteiger partial charge in [-0.15, -0.1) is 0 Å². The molecule has 10 aromatic rings. The lowest BCUT2D eigenvalue weighted by Crippen LogP contribution is -2.35. The van der Waals surface area contributed by atoms with E-state index in [0.717, 1.165) is 302 Å². The molecule has 5 aromatic heterocycles. The molecule has 15 aliphatic rings. The number of anilines is 5. The molecule has 5 aliphatic heterocycles. The number of aryl methyl sites for hydroxylation is 13. The van der Waals surface area contributed by atoms with Crippen molar-refractivity contribution in [2.45, 2.75) is 297 Å². The molecule has 142 heavy (non-hydrogen) atoms. The lowest BCUT2D eigenvalue weighted by molar-refractivity contribution is 0.0911. The van der Waals surface area contributed by atoms with Crippen molar-refractivity contribution in [3.05, 3.63) is 182 Å². The molecule has 0 bridgehead atoms. The van der Waals surface area contributed by atoms with Crippen LogP contribution in [0.3, 0.4) is 0 Å². The zero-order chi connectivity index (χ0) is 98.1. The van der Waals surface area contributed by atoms with Crippen LogP contribution in [0, 0.1) is 0 Å². The summed E-state index contributed by atoms with van der Waals surface area (Å²) in [6.07, 6.45) is 34.7. The summed E-state index contributed by atoms with van der Waals surface area (Å²) in [6.45, 7) is 5.13. The van der Waals surface area contributed by atoms with Crippen LogP contribution >= 0.6 is 0 Å². The van der Waals surface area contributed by atoms with Gasteiger partial charge >= 0.3 is 97.1 Å². The normalized spacial score (nSPS) is 17.5. The molecule has 0 atom stereocenters. The van der Waals surface area contributed by atoms with Gasteiger partial charge in [-0.25, -0.2) is 52.6 Å². The van der Waals surface area contributed by atoms with Gasteiger partial charge in [-0.05, 0) is 337 Å². The van der Waals surface area contributed by atoms with Crippen LogP contribution in [0.1, 0.15) is 242 Å². The molecule has 5 aromatic carbocycles. The Morgan fingerprint density at radius 1 is 0.296 bits per heavy atom. The van der Waals surface area contributed by atoms with Crippen molar-refractivity contribution in [3.63, 3.8) is 0 Å². The number of urea groups is 5. The number of carbonyl (C=O) groups excluding carboxylic acids is 5. The Morgan fingerprint density at radius 2 is 0.613 bits per heavy atom. The number of rotatable bonds is 16. The fourth-order valence-electron chi connectivity index (χ4n) is 22.5. The number of sulfonamides is 5. The van der Waals surface area contributed by atoms with Crippen LogP contribution in [0.25, 0.3) is 0 Å². The zero-order valence-corrected chi connectivity index (χ0v) is 82.5. The highest BCUT2D eigenvalue weighted by Gasteiger charge is 2.40. The minimum Gasteiger partial charge on any atom is -0.489 e. The highest BCUT2D eigenvalue weighted by Crippen LogP contribution is 2.46. The Labute approximate surface area is 819 Å². The van der Waals surface area contributed by atoms with E-state index in [4.69, 9.17) is 41.4 Å². The summed E-state index contributed by atoms with van der Waals surface area (Å²) in [5, 5.41) is 16.0. The lowest BCUT2D eigenvalue weighted by atomic mass is 9.99. The van der Waals surface area contributed by atoms with Crippen LogP contribution in [0.5, 0.6) is 17.6 Å². The Kier molecular flexibility index (Phi) is 26.5. The van der Waals surface area contributed by atoms with Crippen LogP contribution in [0.4, 0.5) is 52.4 Å². The molecule has 0 fully saturated rings. The second-order valence-electron chi connectivity index (χ2n) is 37.9. The molecular formula is C97H110N16O24S5. The quantitative estimate of drug-likeness (QED) is 0.0429. The molecule has 10 amide bonds. The third-order valence-corrected chi connectivity index (χ3v) is 34.3. The minimum absolute atomic E-state index is 0.116. The number of aromatic nitrogens is 6. The molecule has 45 heteroatoms. The number of nitrogens with one attached hydrogen (secondary N) is 10. The van der Waals surface area contributed by atoms with Crippen molar-refractivity contribution in [2.24, 2.45) is 0 Å². The Bertz CT molecular complexity index is 6500. The number of hydrogen-bond acceptors (Lipinski definition) is 29. The van der Waals surface area contributed by atoms with Crippen LogP contribution in [-0.4, -0.2) is 135 Å². The van der Waals surface area contributed by atoms with Crippen molar-refractivity contribution in [1.29, 1.82) is 0 Å². The van der Waals surface area contributed by atoms with E-state index in [-0.39, 0.29) is 35.8 Å².